The number of guanidine groups is 1. The monoisotopic (exact) mass is 413 g/mol. The highest BCUT2D eigenvalue weighted by molar-refractivity contribution is 14.0. The van der Waals surface area contributed by atoms with Crippen LogP contribution >= 0.6 is 24.0 Å². The predicted molar refractivity (Wildman–Crippen MR) is 102 cm³/mol. The van der Waals surface area contributed by atoms with Gasteiger partial charge in [-0.25, -0.2) is 0 Å². The van der Waals surface area contributed by atoms with E-state index in [1.807, 2.05) is 36.9 Å². The van der Waals surface area contributed by atoms with E-state index in [2.05, 4.69) is 39.8 Å². The summed E-state index contributed by atoms with van der Waals surface area (Å²) in [5, 5.41) is 11.1. The van der Waals surface area contributed by atoms with Gasteiger partial charge in [-0.1, -0.05) is 30.3 Å². The number of rotatable bonds is 4. The van der Waals surface area contributed by atoms with Gasteiger partial charge in [0.15, 0.2) is 5.96 Å². The number of hydrogen-bond acceptors (Lipinski definition) is 2. The van der Waals surface area contributed by atoms with Crippen molar-refractivity contribution in [2.24, 2.45) is 12.0 Å². The summed E-state index contributed by atoms with van der Waals surface area (Å²) in [5.74, 6) is 0.793. The number of aryl methyl sites for hydroxylation is 2. The van der Waals surface area contributed by atoms with Gasteiger partial charge in [-0.05, 0) is 19.4 Å². The zero-order valence-electron chi connectivity index (χ0n) is 13.6. The summed E-state index contributed by atoms with van der Waals surface area (Å²) in [7, 11) is 3.75. The molecule has 0 aliphatic carbocycles. The molecule has 2 aromatic rings. The molecule has 120 valence electrons. The Morgan fingerprint density at radius 1 is 1.14 bits per heavy atom. The Morgan fingerprint density at radius 3 is 2.32 bits per heavy atom. The lowest BCUT2D eigenvalue weighted by Crippen LogP contribution is -2.36. The maximum Gasteiger partial charge on any atom is 0.191 e. The van der Waals surface area contributed by atoms with E-state index in [1.165, 1.54) is 16.8 Å². The fraction of sp³-hybridized carbons (Fsp3) is 0.375. The molecule has 2 N–H and O–H groups in total. The van der Waals surface area contributed by atoms with Crippen molar-refractivity contribution < 1.29 is 0 Å². The topological polar surface area (TPSA) is 54.2 Å². The summed E-state index contributed by atoms with van der Waals surface area (Å²) in [4.78, 5) is 4.25. The Bertz CT molecular complexity index is 619. The lowest BCUT2D eigenvalue weighted by atomic mass is 10.2. The highest BCUT2D eigenvalue weighted by Crippen LogP contribution is 2.11. The summed E-state index contributed by atoms with van der Waals surface area (Å²) in [6, 6.07) is 10.3. The van der Waals surface area contributed by atoms with Crippen molar-refractivity contribution in [3.05, 3.63) is 52.8 Å². The number of aromatic nitrogens is 2. The van der Waals surface area contributed by atoms with E-state index in [4.69, 9.17) is 0 Å². The van der Waals surface area contributed by atoms with Gasteiger partial charge in [0.2, 0.25) is 0 Å². The second-order valence-corrected chi connectivity index (χ2v) is 5.04. The third kappa shape index (κ3) is 4.72. The molecule has 1 aromatic carbocycles. The molecule has 0 spiro atoms. The van der Waals surface area contributed by atoms with Crippen molar-refractivity contribution in [1.82, 2.24) is 20.4 Å². The van der Waals surface area contributed by atoms with Gasteiger partial charge in [0.05, 0.1) is 5.69 Å². The normalized spacial score (nSPS) is 11.0. The molecule has 0 unspecified atom stereocenters. The second kappa shape index (κ2) is 8.77. The van der Waals surface area contributed by atoms with Crippen molar-refractivity contribution in [1.29, 1.82) is 0 Å². The van der Waals surface area contributed by atoms with Gasteiger partial charge < -0.3 is 10.6 Å². The van der Waals surface area contributed by atoms with E-state index in [9.17, 15) is 0 Å². The summed E-state index contributed by atoms with van der Waals surface area (Å²) >= 11 is 0. The third-order valence-corrected chi connectivity index (χ3v) is 3.62. The van der Waals surface area contributed by atoms with Crippen LogP contribution in [0.1, 0.15) is 22.5 Å². The zero-order chi connectivity index (χ0) is 15.2. The molecule has 0 bridgehead atoms. The highest BCUT2D eigenvalue weighted by Gasteiger charge is 2.09. The zero-order valence-corrected chi connectivity index (χ0v) is 15.9. The molecule has 6 heteroatoms. The summed E-state index contributed by atoms with van der Waals surface area (Å²) in [5.41, 5.74) is 4.69. The number of nitrogens with one attached hydrogen (secondary N) is 2. The molecule has 22 heavy (non-hydrogen) atoms. The van der Waals surface area contributed by atoms with Crippen molar-refractivity contribution in [2.75, 3.05) is 7.05 Å². The molecule has 2 rings (SSSR count). The third-order valence-electron chi connectivity index (χ3n) is 3.62. The Kier molecular flexibility index (Phi) is 7.37. The van der Waals surface area contributed by atoms with E-state index >= 15 is 0 Å². The predicted octanol–water partition coefficient (Wildman–Crippen LogP) is 2.52. The molecule has 0 radical (unpaired) electrons. The minimum absolute atomic E-state index is 0. The Labute approximate surface area is 149 Å². The largest absolute Gasteiger partial charge is 0.352 e. The Hall–Kier alpha value is -1.57. The molecular formula is C16H24IN5. The molecule has 0 saturated carbocycles. The lowest BCUT2D eigenvalue weighted by molar-refractivity contribution is 0.728. The van der Waals surface area contributed by atoms with Crippen LogP contribution in [0.25, 0.3) is 0 Å². The molecule has 0 aliphatic heterocycles. The van der Waals surface area contributed by atoms with E-state index in [0.29, 0.717) is 0 Å². The molecule has 1 aromatic heterocycles. The van der Waals surface area contributed by atoms with Crippen LogP contribution in [0, 0.1) is 13.8 Å². The lowest BCUT2D eigenvalue weighted by Gasteiger charge is -2.12. The van der Waals surface area contributed by atoms with Crippen molar-refractivity contribution in [3.63, 3.8) is 0 Å². The average Bonchev–Trinajstić information content (AvgIpc) is 2.74. The van der Waals surface area contributed by atoms with E-state index in [-0.39, 0.29) is 24.0 Å². The number of halogens is 1. The van der Waals surface area contributed by atoms with E-state index in [1.54, 1.807) is 7.05 Å². The van der Waals surface area contributed by atoms with Crippen molar-refractivity contribution in [2.45, 2.75) is 26.9 Å². The first-order chi connectivity index (χ1) is 10.1. The molecule has 5 nitrogen and oxygen atoms in total. The molecule has 1 heterocycles. The van der Waals surface area contributed by atoms with Crippen molar-refractivity contribution >= 4 is 29.9 Å². The maximum atomic E-state index is 4.42. The van der Waals surface area contributed by atoms with E-state index in [0.717, 1.165) is 24.7 Å². The summed E-state index contributed by atoms with van der Waals surface area (Å²) in [6.07, 6.45) is 0. The molecular weight excluding hydrogens is 389 g/mol. The molecule has 0 aliphatic rings. The molecule has 0 amide bonds. The molecule has 0 fully saturated rings. The van der Waals surface area contributed by atoms with Crippen LogP contribution in [0.2, 0.25) is 0 Å². The summed E-state index contributed by atoms with van der Waals surface area (Å²) < 4.78 is 1.91. The van der Waals surface area contributed by atoms with Gasteiger partial charge in [0.25, 0.3) is 0 Å². The first kappa shape index (κ1) is 18.5. The molecule has 0 saturated heterocycles. The SMILES string of the molecule is CN=C(NCc1ccccc1)NCc1c(C)nn(C)c1C.I. The smallest absolute Gasteiger partial charge is 0.191 e. The number of nitrogens with zero attached hydrogens (tertiary/aromatic N) is 3. The molecule has 0 atom stereocenters. The van der Waals surface area contributed by atoms with Crippen molar-refractivity contribution in [3.8, 4) is 0 Å². The van der Waals surface area contributed by atoms with Crippen LogP contribution in [0.4, 0.5) is 0 Å². The first-order valence-electron chi connectivity index (χ1n) is 7.09. The maximum absolute atomic E-state index is 4.42. The number of aliphatic imine (C=N–C) groups is 1. The fourth-order valence-electron chi connectivity index (χ4n) is 2.25. The van der Waals surface area contributed by atoms with Crippen LogP contribution in [0.15, 0.2) is 35.3 Å². The van der Waals surface area contributed by atoms with Gasteiger partial charge >= 0.3 is 0 Å². The minimum atomic E-state index is 0. The highest BCUT2D eigenvalue weighted by atomic mass is 127. The minimum Gasteiger partial charge on any atom is -0.352 e. The standard InChI is InChI=1S/C16H23N5.HI/c1-12-15(13(2)21(4)20-12)11-19-16(17-3)18-10-14-8-6-5-7-9-14;/h5-9H,10-11H2,1-4H3,(H2,17,18,19);1H. The Morgan fingerprint density at radius 2 is 1.77 bits per heavy atom. The van der Waals surface area contributed by atoms with E-state index < -0.39 is 0 Å². The Balaban J connectivity index is 0.00000242. The van der Waals surface area contributed by atoms with Gasteiger partial charge in [-0.2, -0.15) is 5.10 Å². The van der Waals surface area contributed by atoms with Crippen LogP contribution in [-0.4, -0.2) is 22.8 Å². The summed E-state index contributed by atoms with van der Waals surface area (Å²) in [6.45, 7) is 5.59. The van der Waals surface area contributed by atoms with Gasteiger partial charge in [-0.3, -0.25) is 9.67 Å². The van der Waals surface area contributed by atoms with Crippen LogP contribution in [0.3, 0.4) is 0 Å². The second-order valence-electron chi connectivity index (χ2n) is 5.04. The van der Waals surface area contributed by atoms with Gasteiger partial charge in [0, 0.05) is 38.4 Å². The number of hydrogen-bond donors (Lipinski definition) is 2. The first-order valence-corrected chi connectivity index (χ1v) is 7.09. The van der Waals surface area contributed by atoms with Gasteiger partial charge in [0.1, 0.15) is 0 Å². The van der Waals surface area contributed by atoms with Crippen LogP contribution in [-0.2, 0) is 20.1 Å². The average molecular weight is 413 g/mol. The van der Waals surface area contributed by atoms with Crippen LogP contribution in [0.5, 0.6) is 0 Å². The fourth-order valence-corrected chi connectivity index (χ4v) is 2.25. The number of benzene rings is 1. The quantitative estimate of drug-likeness (QED) is 0.460. The van der Waals surface area contributed by atoms with Crippen LogP contribution < -0.4 is 10.6 Å². The van der Waals surface area contributed by atoms with Gasteiger partial charge in [-0.15, -0.1) is 24.0 Å².